The van der Waals surface area contributed by atoms with Crippen LogP contribution in [0.4, 0.5) is 0 Å². The molecular formula is C10H16O3. The van der Waals surface area contributed by atoms with Crippen molar-refractivity contribution in [1.29, 1.82) is 0 Å². The first-order valence-corrected chi connectivity index (χ1v) is 4.66. The van der Waals surface area contributed by atoms with Crippen LogP contribution in [-0.2, 0) is 9.53 Å². The lowest BCUT2D eigenvalue weighted by atomic mass is 10.00. The summed E-state index contributed by atoms with van der Waals surface area (Å²) in [5.41, 5.74) is 1.19. The van der Waals surface area contributed by atoms with Gasteiger partial charge in [-0.2, -0.15) is 0 Å². The van der Waals surface area contributed by atoms with Crippen molar-refractivity contribution in [1.82, 2.24) is 0 Å². The summed E-state index contributed by atoms with van der Waals surface area (Å²) in [5, 5.41) is 8.40. The molecule has 3 heteroatoms. The van der Waals surface area contributed by atoms with Crippen molar-refractivity contribution in [2.24, 2.45) is 11.8 Å². The van der Waals surface area contributed by atoms with Crippen molar-refractivity contribution in [3.05, 3.63) is 11.6 Å². The van der Waals surface area contributed by atoms with Crippen molar-refractivity contribution >= 4 is 5.97 Å². The second kappa shape index (κ2) is 4.42. The van der Waals surface area contributed by atoms with E-state index in [0.717, 1.165) is 6.42 Å². The molecule has 0 heterocycles. The molecule has 1 aliphatic carbocycles. The summed E-state index contributed by atoms with van der Waals surface area (Å²) in [4.78, 5) is 10.6. The van der Waals surface area contributed by atoms with Gasteiger partial charge in [0.1, 0.15) is 13.2 Å². The lowest BCUT2D eigenvalue weighted by Crippen LogP contribution is -2.10. The highest BCUT2D eigenvalue weighted by atomic mass is 16.5. The van der Waals surface area contributed by atoms with Gasteiger partial charge < -0.3 is 9.84 Å². The van der Waals surface area contributed by atoms with Gasteiger partial charge >= 0.3 is 5.97 Å². The number of aliphatic hydroxyl groups is 1. The quantitative estimate of drug-likeness (QED) is 0.514. The van der Waals surface area contributed by atoms with Gasteiger partial charge in [-0.3, -0.25) is 0 Å². The molecule has 74 valence electrons. The number of allylic oxidation sites excluding steroid dienone is 1. The molecule has 0 aromatic carbocycles. The summed E-state index contributed by atoms with van der Waals surface area (Å²) >= 11 is 0. The molecule has 0 fully saturated rings. The van der Waals surface area contributed by atoms with Gasteiger partial charge in [0.15, 0.2) is 0 Å². The van der Waals surface area contributed by atoms with Gasteiger partial charge in [-0.1, -0.05) is 26.3 Å². The Labute approximate surface area is 78.4 Å². The van der Waals surface area contributed by atoms with Crippen molar-refractivity contribution in [2.45, 2.75) is 20.3 Å². The number of esters is 1. The number of carbonyl (C=O) groups excluding carboxylic acids is 1. The van der Waals surface area contributed by atoms with E-state index in [2.05, 4.69) is 19.9 Å². The number of rotatable bonds is 5. The van der Waals surface area contributed by atoms with Crippen LogP contribution in [0.2, 0.25) is 0 Å². The minimum atomic E-state index is -0.546. The lowest BCUT2D eigenvalue weighted by Gasteiger charge is -2.07. The Morgan fingerprint density at radius 1 is 1.77 bits per heavy atom. The zero-order chi connectivity index (χ0) is 9.84. The molecule has 1 aliphatic rings. The van der Waals surface area contributed by atoms with Crippen LogP contribution >= 0.6 is 0 Å². The van der Waals surface area contributed by atoms with Crippen molar-refractivity contribution in [3.63, 3.8) is 0 Å². The summed E-state index contributed by atoms with van der Waals surface area (Å²) in [6.45, 7) is 4.16. The maximum Gasteiger partial charge on any atom is 0.332 e. The molecule has 0 spiro atoms. The molecule has 0 aromatic rings. The fourth-order valence-corrected chi connectivity index (χ4v) is 1.32. The van der Waals surface area contributed by atoms with E-state index in [4.69, 9.17) is 9.84 Å². The molecule has 2 atom stereocenters. The third-order valence-electron chi connectivity index (χ3n) is 2.50. The number of hydrogen-bond donors (Lipinski definition) is 1. The third kappa shape index (κ3) is 2.84. The van der Waals surface area contributed by atoms with Gasteiger partial charge in [0.2, 0.25) is 0 Å². The van der Waals surface area contributed by atoms with Crippen LogP contribution < -0.4 is 0 Å². The van der Waals surface area contributed by atoms with E-state index >= 15 is 0 Å². The van der Waals surface area contributed by atoms with Crippen molar-refractivity contribution < 1.29 is 14.6 Å². The van der Waals surface area contributed by atoms with Crippen LogP contribution in [0.15, 0.2) is 11.6 Å². The first-order valence-electron chi connectivity index (χ1n) is 4.66. The molecule has 1 N–H and O–H groups in total. The zero-order valence-corrected chi connectivity index (χ0v) is 8.12. The Bertz CT molecular complexity index is 220. The lowest BCUT2D eigenvalue weighted by molar-refractivity contribution is -0.145. The number of hydrogen-bond acceptors (Lipinski definition) is 3. The number of ether oxygens (including phenoxy) is 1. The third-order valence-corrected chi connectivity index (χ3v) is 2.50. The average molecular weight is 184 g/mol. The molecule has 13 heavy (non-hydrogen) atoms. The van der Waals surface area contributed by atoms with E-state index in [-0.39, 0.29) is 0 Å². The van der Waals surface area contributed by atoms with Gasteiger partial charge in [0.05, 0.1) is 0 Å². The largest absolute Gasteiger partial charge is 0.459 e. The second-order valence-corrected chi connectivity index (χ2v) is 3.47. The minimum absolute atomic E-state index is 0.356. The first-order chi connectivity index (χ1) is 6.19. The maximum absolute atomic E-state index is 10.6. The predicted molar refractivity (Wildman–Crippen MR) is 49.1 cm³/mol. The van der Waals surface area contributed by atoms with Crippen LogP contribution in [0.3, 0.4) is 0 Å². The molecule has 0 aliphatic heterocycles. The topological polar surface area (TPSA) is 46.5 Å². The predicted octanol–water partition coefficient (Wildman–Crippen LogP) is 1.12. The molecule has 0 amide bonds. The zero-order valence-electron chi connectivity index (χ0n) is 8.12. The van der Waals surface area contributed by atoms with Crippen LogP contribution in [-0.4, -0.2) is 24.3 Å². The van der Waals surface area contributed by atoms with Crippen molar-refractivity contribution in [3.8, 4) is 0 Å². The molecule has 0 saturated heterocycles. The Balaban J connectivity index is 2.14. The highest BCUT2D eigenvalue weighted by molar-refractivity contribution is 5.70. The first kappa shape index (κ1) is 10.3. The summed E-state index contributed by atoms with van der Waals surface area (Å²) in [7, 11) is 0. The number of aliphatic hydroxyl groups excluding tert-OH is 1. The summed E-state index contributed by atoms with van der Waals surface area (Å²) in [5.74, 6) is 0.620. The molecule has 0 bridgehead atoms. The van der Waals surface area contributed by atoms with Crippen LogP contribution in [0.5, 0.6) is 0 Å². The Hall–Kier alpha value is -0.830. The Kier molecular flexibility index (Phi) is 3.48. The standard InChI is InChI=1S/C10H16O3/c1-3-7(2)9-4-8(9)6-13-10(12)5-11/h4,7,9,11H,3,5-6H2,1-2H3. The highest BCUT2D eigenvalue weighted by Crippen LogP contribution is 2.37. The molecule has 3 nitrogen and oxygen atoms in total. The molecule has 2 unspecified atom stereocenters. The Morgan fingerprint density at radius 2 is 2.46 bits per heavy atom. The fourth-order valence-electron chi connectivity index (χ4n) is 1.32. The fraction of sp³-hybridized carbons (Fsp3) is 0.700. The van der Waals surface area contributed by atoms with Gasteiger partial charge in [0, 0.05) is 5.92 Å². The van der Waals surface area contributed by atoms with Gasteiger partial charge in [-0.15, -0.1) is 0 Å². The van der Waals surface area contributed by atoms with Crippen molar-refractivity contribution in [2.75, 3.05) is 13.2 Å². The summed E-state index contributed by atoms with van der Waals surface area (Å²) in [6, 6.07) is 0. The highest BCUT2D eigenvalue weighted by Gasteiger charge is 2.29. The maximum atomic E-state index is 10.6. The van der Waals surface area contributed by atoms with Gasteiger partial charge in [-0.25, -0.2) is 4.79 Å². The summed E-state index contributed by atoms with van der Waals surface area (Å²) in [6.07, 6.45) is 3.26. The van der Waals surface area contributed by atoms with Gasteiger partial charge in [0.25, 0.3) is 0 Å². The van der Waals surface area contributed by atoms with E-state index in [1.807, 2.05) is 0 Å². The van der Waals surface area contributed by atoms with Crippen LogP contribution in [0, 0.1) is 11.8 Å². The van der Waals surface area contributed by atoms with Crippen LogP contribution in [0.1, 0.15) is 20.3 Å². The molecule has 1 rings (SSSR count). The monoisotopic (exact) mass is 184 g/mol. The van der Waals surface area contributed by atoms with E-state index in [9.17, 15) is 4.79 Å². The molecule has 0 aromatic heterocycles. The molecule has 0 saturated carbocycles. The normalized spacial score (nSPS) is 22.1. The summed E-state index contributed by atoms with van der Waals surface area (Å²) < 4.78 is 4.78. The minimum Gasteiger partial charge on any atom is -0.459 e. The average Bonchev–Trinajstić information content (AvgIpc) is 2.92. The molecular weight excluding hydrogens is 168 g/mol. The number of carbonyl (C=O) groups is 1. The Morgan fingerprint density at radius 3 is 3.00 bits per heavy atom. The van der Waals surface area contributed by atoms with E-state index in [0.29, 0.717) is 18.4 Å². The van der Waals surface area contributed by atoms with E-state index in [1.54, 1.807) is 0 Å². The second-order valence-electron chi connectivity index (χ2n) is 3.47. The molecule has 0 radical (unpaired) electrons. The van der Waals surface area contributed by atoms with Crippen LogP contribution in [0.25, 0.3) is 0 Å². The van der Waals surface area contributed by atoms with E-state index in [1.165, 1.54) is 5.57 Å². The SMILES string of the molecule is CCC(C)C1C=C1COC(=O)CO. The van der Waals surface area contributed by atoms with E-state index < -0.39 is 12.6 Å². The smallest absolute Gasteiger partial charge is 0.332 e. The van der Waals surface area contributed by atoms with Gasteiger partial charge in [-0.05, 0) is 11.5 Å².